The average Bonchev–Trinajstić information content (AvgIpc) is 2.87. The van der Waals surface area contributed by atoms with Crippen LogP contribution in [0, 0.1) is 0 Å². The van der Waals surface area contributed by atoms with E-state index in [0.717, 1.165) is 16.3 Å². The molecule has 3 aromatic carbocycles. The van der Waals surface area contributed by atoms with Crippen LogP contribution in [0.3, 0.4) is 0 Å². The molecular formula is C28H42O4S. The van der Waals surface area contributed by atoms with E-state index in [9.17, 15) is 13.2 Å². The lowest BCUT2D eigenvalue weighted by molar-refractivity contribution is -0.136. The molecule has 3 aromatic rings. The predicted octanol–water partition coefficient (Wildman–Crippen LogP) is 7.59. The minimum absolute atomic E-state index is 0.0175. The third kappa shape index (κ3) is 11.7. The van der Waals surface area contributed by atoms with Gasteiger partial charge >= 0.3 is 5.97 Å². The third-order valence-electron chi connectivity index (χ3n) is 4.11. The highest BCUT2D eigenvalue weighted by Gasteiger charge is 2.15. The molecule has 0 aliphatic rings. The fourth-order valence-electron chi connectivity index (χ4n) is 2.75. The zero-order valence-electron chi connectivity index (χ0n) is 21.6. The van der Waals surface area contributed by atoms with Gasteiger partial charge in [-0.25, -0.2) is 8.42 Å². The normalized spacial score (nSPS) is 9.45. The topological polar surface area (TPSA) is 71.4 Å². The second-order valence-electron chi connectivity index (χ2n) is 5.96. The lowest BCUT2D eigenvalue weighted by atomic mass is 10.1. The van der Waals surface area contributed by atoms with Gasteiger partial charge in [0.05, 0.1) is 17.1 Å². The van der Waals surface area contributed by atoms with Crippen LogP contribution in [0.5, 0.6) is 0 Å². The van der Waals surface area contributed by atoms with Crippen LogP contribution in [-0.4, -0.2) is 25.2 Å². The molecule has 0 radical (unpaired) electrons. The van der Waals surface area contributed by atoms with Crippen molar-refractivity contribution in [3.05, 3.63) is 77.9 Å². The van der Waals surface area contributed by atoms with Gasteiger partial charge in [0.2, 0.25) is 0 Å². The van der Waals surface area contributed by atoms with Crippen LogP contribution in [0.4, 0.5) is 0 Å². The van der Waals surface area contributed by atoms with Gasteiger partial charge in [-0.2, -0.15) is 0 Å². The first-order valence-electron chi connectivity index (χ1n) is 12.0. The van der Waals surface area contributed by atoms with Crippen molar-refractivity contribution >= 4 is 26.6 Å². The quantitative estimate of drug-likeness (QED) is 0.399. The number of sulfone groups is 1. The SMILES string of the molecule is CC.CC.CC.CC.O=C(O)Cc1ccc(S(=O)(=O)CCc2ccc3ccccc3c2)cc1. The van der Waals surface area contributed by atoms with Gasteiger partial charge in [-0.3, -0.25) is 4.79 Å². The first-order valence-corrected chi connectivity index (χ1v) is 13.6. The number of carboxylic acid groups (broad SMARTS) is 1. The first kappa shape index (κ1) is 32.5. The van der Waals surface area contributed by atoms with E-state index in [2.05, 4.69) is 0 Å². The smallest absolute Gasteiger partial charge is 0.307 e. The Morgan fingerprint density at radius 2 is 1.18 bits per heavy atom. The Morgan fingerprint density at radius 3 is 1.70 bits per heavy atom. The summed E-state index contributed by atoms with van der Waals surface area (Å²) in [6, 6.07) is 20.0. The van der Waals surface area contributed by atoms with Crippen molar-refractivity contribution in [2.24, 2.45) is 0 Å². The highest BCUT2D eigenvalue weighted by molar-refractivity contribution is 7.91. The van der Waals surface area contributed by atoms with Crippen LogP contribution in [0.2, 0.25) is 0 Å². The second-order valence-corrected chi connectivity index (χ2v) is 8.07. The fourth-order valence-corrected chi connectivity index (χ4v) is 4.04. The summed E-state index contributed by atoms with van der Waals surface area (Å²) in [6.45, 7) is 16.0. The lowest BCUT2D eigenvalue weighted by Crippen LogP contribution is -2.09. The Balaban J connectivity index is 0. The van der Waals surface area contributed by atoms with Crippen molar-refractivity contribution in [3.8, 4) is 0 Å². The molecule has 0 aliphatic heterocycles. The van der Waals surface area contributed by atoms with E-state index in [-0.39, 0.29) is 17.1 Å². The summed E-state index contributed by atoms with van der Waals surface area (Å²) >= 11 is 0. The summed E-state index contributed by atoms with van der Waals surface area (Å²) in [4.78, 5) is 10.9. The van der Waals surface area contributed by atoms with Gasteiger partial charge < -0.3 is 5.11 Å². The highest BCUT2D eigenvalue weighted by Crippen LogP contribution is 2.18. The van der Waals surface area contributed by atoms with Gasteiger partial charge in [0.25, 0.3) is 0 Å². The van der Waals surface area contributed by atoms with Gasteiger partial charge in [0.15, 0.2) is 9.84 Å². The molecule has 0 unspecified atom stereocenters. The standard InChI is InChI=1S/C20H18O4S.4C2H6/c21-20(22)14-15-6-9-19(10-7-15)25(23,24)12-11-16-5-8-17-3-1-2-4-18(17)13-16;4*1-2/h1-10,13H,11-12,14H2,(H,21,22);4*1-2H3. The molecule has 3 rings (SSSR count). The fraction of sp³-hybridized carbons (Fsp3) is 0.393. The number of aliphatic carboxylic acids is 1. The van der Waals surface area contributed by atoms with Crippen LogP contribution in [0.15, 0.2) is 71.6 Å². The number of rotatable bonds is 6. The summed E-state index contributed by atoms with van der Waals surface area (Å²) in [5.41, 5.74) is 1.56. The van der Waals surface area contributed by atoms with Crippen molar-refractivity contribution in [1.82, 2.24) is 0 Å². The molecule has 0 aliphatic carbocycles. The van der Waals surface area contributed by atoms with Crippen molar-refractivity contribution < 1.29 is 18.3 Å². The Labute approximate surface area is 201 Å². The maximum Gasteiger partial charge on any atom is 0.307 e. The Morgan fingerprint density at radius 1 is 0.697 bits per heavy atom. The minimum atomic E-state index is -3.40. The molecule has 0 amide bonds. The number of benzene rings is 3. The van der Waals surface area contributed by atoms with Crippen LogP contribution in [0.25, 0.3) is 10.8 Å². The van der Waals surface area contributed by atoms with E-state index in [0.29, 0.717) is 12.0 Å². The van der Waals surface area contributed by atoms with Gasteiger partial charge in [0, 0.05) is 0 Å². The van der Waals surface area contributed by atoms with Crippen molar-refractivity contribution in [2.75, 3.05) is 5.75 Å². The summed E-state index contributed by atoms with van der Waals surface area (Å²) in [7, 11) is -3.40. The molecule has 0 aromatic heterocycles. The average molecular weight is 475 g/mol. The maximum absolute atomic E-state index is 12.5. The van der Waals surface area contributed by atoms with Crippen LogP contribution >= 0.6 is 0 Å². The van der Waals surface area contributed by atoms with Gasteiger partial charge in [-0.15, -0.1) is 0 Å². The largest absolute Gasteiger partial charge is 0.481 e. The molecule has 0 saturated carbocycles. The Kier molecular flexibility index (Phi) is 18.6. The lowest BCUT2D eigenvalue weighted by Gasteiger charge is -2.07. The van der Waals surface area contributed by atoms with Crippen LogP contribution in [0.1, 0.15) is 66.5 Å². The minimum Gasteiger partial charge on any atom is -0.481 e. The van der Waals surface area contributed by atoms with E-state index in [1.54, 1.807) is 12.1 Å². The summed E-state index contributed by atoms with van der Waals surface area (Å²) in [5.74, 6) is -0.921. The number of hydrogen-bond donors (Lipinski definition) is 1. The molecular weight excluding hydrogens is 432 g/mol. The monoisotopic (exact) mass is 474 g/mol. The molecule has 0 spiro atoms. The van der Waals surface area contributed by atoms with Gasteiger partial charge in [-0.1, -0.05) is 110 Å². The molecule has 0 fully saturated rings. The number of carbonyl (C=O) groups is 1. The number of carboxylic acids is 1. The van der Waals surface area contributed by atoms with E-state index in [1.165, 1.54) is 12.1 Å². The van der Waals surface area contributed by atoms with Crippen LogP contribution < -0.4 is 0 Å². The van der Waals surface area contributed by atoms with Crippen molar-refractivity contribution in [1.29, 1.82) is 0 Å². The Bertz CT molecular complexity index is 1010. The number of hydrogen-bond acceptors (Lipinski definition) is 3. The van der Waals surface area contributed by atoms with E-state index in [1.807, 2.05) is 97.9 Å². The highest BCUT2D eigenvalue weighted by atomic mass is 32.2. The van der Waals surface area contributed by atoms with Crippen molar-refractivity contribution in [2.45, 2.75) is 73.1 Å². The molecule has 4 nitrogen and oxygen atoms in total. The summed E-state index contributed by atoms with van der Waals surface area (Å²) in [5, 5.41) is 11.0. The summed E-state index contributed by atoms with van der Waals surface area (Å²) < 4.78 is 25.0. The van der Waals surface area contributed by atoms with E-state index < -0.39 is 15.8 Å². The zero-order chi connectivity index (χ0) is 25.9. The molecule has 33 heavy (non-hydrogen) atoms. The second kappa shape index (κ2) is 18.9. The van der Waals surface area contributed by atoms with Gasteiger partial charge in [-0.05, 0) is 40.5 Å². The molecule has 0 heterocycles. The summed E-state index contributed by atoms with van der Waals surface area (Å²) in [6.07, 6.45) is 0.321. The van der Waals surface area contributed by atoms with E-state index in [4.69, 9.17) is 5.11 Å². The maximum atomic E-state index is 12.5. The number of fused-ring (bicyclic) bond motifs is 1. The molecule has 184 valence electrons. The van der Waals surface area contributed by atoms with E-state index >= 15 is 0 Å². The van der Waals surface area contributed by atoms with Crippen LogP contribution in [-0.2, 0) is 27.5 Å². The predicted molar refractivity (Wildman–Crippen MR) is 143 cm³/mol. The van der Waals surface area contributed by atoms with Crippen molar-refractivity contribution in [3.63, 3.8) is 0 Å². The zero-order valence-corrected chi connectivity index (χ0v) is 22.4. The first-order chi connectivity index (χ1) is 15.9. The molecule has 5 heteroatoms. The van der Waals surface area contributed by atoms with Gasteiger partial charge in [0.1, 0.15) is 0 Å². The molecule has 0 atom stereocenters. The third-order valence-corrected chi connectivity index (χ3v) is 5.84. The molecule has 0 bridgehead atoms. The Hall–Kier alpha value is -2.66. The number of aryl methyl sites for hydroxylation is 1. The molecule has 0 saturated heterocycles. The molecule has 1 N–H and O–H groups in total.